The van der Waals surface area contributed by atoms with Gasteiger partial charge >= 0.3 is 0 Å². The van der Waals surface area contributed by atoms with Crippen molar-refractivity contribution in [3.63, 3.8) is 0 Å². The van der Waals surface area contributed by atoms with Gasteiger partial charge < -0.3 is 9.64 Å². The highest BCUT2D eigenvalue weighted by Gasteiger charge is 2.33. The van der Waals surface area contributed by atoms with Gasteiger partial charge in [0.1, 0.15) is 0 Å². The van der Waals surface area contributed by atoms with E-state index in [4.69, 9.17) is 4.74 Å². The maximum atomic E-state index is 12.0. The van der Waals surface area contributed by atoms with Crippen molar-refractivity contribution in [1.29, 1.82) is 0 Å². The molecule has 1 N–H and O–H groups in total. The number of nitrogens with zero attached hydrogens (tertiary/aromatic N) is 1. The number of hydrogen-bond acceptors (Lipinski definition) is 3. The fourth-order valence-electron chi connectivity index (χ4n) is 2.15. The third kappa shape index (κ3) is 3.46. The number of ether oxygens (including phenoxy) is 1. The van der Waals surface area contributed by atoms with Gasteiger partial charge in [0.05, 0.1) is 24.9 Å². The summed E-state index contributed by atoms with van der Waals surface area (Å²) in [4.78, 5) is 13.8. The van der Waals surface area contributed by atoms with E-state index in [1.807, 2.05) is 25.7 Å². The summed E-state index contributed by atoms with van der Waals surface area (Å²) in [5.74, 6) is 0.217. The van der Waals surface area contributed by atoms with Crippen molar-refractivity contribution in [2.45, 2.75) is 52.2 Å². The van der Waals surface area contributed by atoms with Crippen molar-refractivity contribution in [3.8, 4) is 0 Å². The topological polar surface area (TPSA) is 41.6 Å². The van der Waals surface area contributed by atoms with Crippen LogP contribution in [0.1, 0.15) is 40.5 Å². The Morgan fingerprint density at radius 2 is 2.19 bits per heavy atom. The second kappa shape index (κ2) is 5.64. The summed E-state index contributed by atoms with van der Waals surface area (Å²) in [6.07, 6.45) is 1.95. The van der Waals surface area contributed by atoms with E-state index in [-0.39, 0.29) is 17.6 Å². The molecular formula is C12H24N2O2. The molecule has 1 heterocycles. The Morgan fingerprint density at radius 1 is 1.50 bits per heavy atom. The van der Waals surface area contributed by atoms with Crippen molar-refractivity contribution in [2.75, 3.05) is 19.8 Å². The van der Waals surface area contributed by atoms with E-state index < -0.39 is 0 Å². The second-order valence-corrected chi connectivity index (χ2v) is 4.93. The highest BCUT2D eigenvalue weighted by Crippen LogP contribution is 2.16. The lowest BCUT2D eigenvalue weighted by molar-refractivity contribution is -0.132. The van der Waals surface area contributed by atoms with E-state index >= 15 is 0 Å². The third-order valence-corrected chi connectivity index (χ3v) is 2.82. The summed E-state index contributed by atoms with van der Waals surface area (Å²) in [6, 6.07) is 0.0161. The zero-order valence-electron chi connectivity index (χ0n) is 10.9. The Morgan fingerprint density at radius 3 is 2.75 bits per heavy atom. The predicted octanol–water partition coefficient (Wildman–Crippen LogP) is 1.36. The molecule has 0 spiro atoms. The van der Waals surface area contributed by atoms with E-state index in [0.717, 1.165) is 12.8 Å². The number of hydrogen-bond donors (Lipinski definition) is 1. The minimum absolute atomic E-state index is 0.0161. The lowest BCUT2D eigenvalue weighted by Gasteiger charge is -2.29. The number of carbonyl (C=O) groups excluding carboxylic acids is 1. The Bertz CT molecular complexity index is 241. The van der Waals surface area contributed by atoms with Crippen LogP contribution in [-0.2, 0) is 9.53 Å². The first kappa shape index (κ1) is 13.5. The largest absolute Gasteiger partial charge is 0.374 e. The third-order valence-electron chi connectivity index (χ3n) is 2.82. The molecule has 1 saturated heterocycles. The van der Waals surface area contributed by atoms with E-state index in [1.165, 1.54) is 0 Å². The summed E-state index contributed by atoms with van der Waals surface area (Å²) < 4.78 is 5.61. The lowest BCUT2D eigenvalue weighted by Crippen LogP contribution is -2.42. The molecule has 94 valence electrons. The minimum Gasteiger partial charge on any atom is -0.374 e. The van der Waals surface area contributed by atoms with Gasteiger partial charge in [-0.25, -0.2) is 0 Å². The van der Waals surface area contributed by atoms with Gasteiger partial charge in [-0.1, -0.05) is 13.3 Å². The number of nitrogens with one attached hydrogen (secondary N) is 1. The number of amides is 1. The maximum absolute atomic E-state index is 12.0. The van der Waals surface area contributed by atoms with Crippen LogP contribution in [0.3, 0.4) is 0 Å². The summed E-state index contributed by atoms with van der Waals surface area (Å²) in [7, 11) is 0. The Hall–Kier alpha value is -0.610. The van der Waals surface area contributed by atoms with Crippen LogP contribution >= 0.6 is 0 Å². The van der Waals surface area contributed by atoms with Gasteiger partial charge in [-0.05, 0) is 27.2 Å². The van der Waals surface area contributed by atoms with Crippen molar-refractivity contribution in [1.82, 2.24) is 10.2 Å². The van der Waals surface area contributed by atoms with Gasteiger partial charge in [0.25, 0.3) is 0 Å². The molecule has 16 heavy (non-hydrogen) atoms. The molecule has 0 aliphatic carbocycles. The molecule has 1 fully saturated rings. The summed E-state index contributed by atoms with van der Waals surface area (Å²) >= 11 is 0. The van der Waals surface area contributed by atoms with E-state index in [2.05, 4.69) is 12.2 Å². The van der Waals surface area contributed by atoms with Gasteiger partial charge in [0, 0.05) is 6.61 Å². The van der Waals surface area contributed by atoms with Crippen LogP contribution in [0.2, 0.25) is 0 Å². The van der Waals surface area contributed by atoms with Crippen molar-refractivity contribution in [3.05, 3.63) is 0 Å². The van der Waals surface area contributed by atoms with Crippen molar-refractivity contribution >= 4 is 5.91 Å². The fraction of sp³-hybridized carbons (Fsp3) is 0.917. The van der Waals surface area contributed by atoms with Crippen LogP contribution in [0, 0.1) is 0 Å². The normalized spacial score (nSPS) is 21.9. The molecule has 0 bridgehead atoms. The smallest absolute Gasteiger partial charge is 0.240 e. The molecule has 0 aromatic heterocycles. The lowest BCUT2D eigenvalue weighted by atomic mass is 10.1. The standard InChI is InChI=1S/C12H24N2O2/c1-5-7-10-11(15)14(9-13-10)8-12(3,4)16-6-2/h10,13H,5-9H2,1-4H3. The van der Waals surface area contributed by atoms with Gasteiger partial charge in [-0.15, -0.1) is 0 Å². The molecule has 1 atom stereocenters. The second-order valence-electron chi connectivity index (χ2n) is 4.93. The molecule has 1 aliphatic heterocycles. The van der Waals surface area contributed by atoms with E-state index in [0.29, 0.717) is 19.8 Å². The molecule has 4 heteroatoms. The zero-order chi connectivity index (χ0) is 12.2. The monoisotopic (exact) mass is 228 g/mol. The predicted molar refractivity (Wildman–Crippen MR) is 64.1 cm³/mol. The Labute approximate surface area is 98.3 Å². The zero-order valence-corrected chi connectivity index (χ0v) is 10.9. The van der Waals surface area contributed by atoms with Gasteiger partial charge in [-0.3, -0.25) is 10.1 Å². The molecule has 0 saturated carbocycles. The van der Waals surface area contributed by atoms with Crippen molar-refractivity contribution in [2.24, 2.45) is 0 Å². The van der Waals surface area contributed by atoms with Crippen LogP contribution in [0.5, 0.6) is 0 Å². The Kier molecular flexibility index (Phi) is 4.74. The molecule has 0 aromatic rings. The van der Waals surface area contributed by atoms with Gasteiger partial charge in [0.15, 0.2) is 0 Å². The van der Waals surface area contributed by atoms with Gasteiger partial charge in [-0.2, -0.15) is 0 Å². The molecule has 1 rings (SSSR count). The van der Waals surface area contributed by atoms with Crippen LogP contribution in [-0.4, -0.2) is 42.3 Å². The SMILES string of the molecule is CCCC1NCN(CC(C)(C)OCC)C1=O. The average Bonchev–Trinajstić information content (AvgIpc) is 2.50. The molecule has 1 aliphatic rings. The molecule has 4 nitrogen and oxygen atoms in total. The summed E-state index contributed by atoms with van der Waals surface area (Å²) in [5.41, 5.74) is -0.257. The molecular weight excluding hydrogens is 204 g/mol. The van der Waals surface area contributed by atoms with Crippen LogP contribution < -0.4 is 5.32 Å². The highest BCUT2D eigenvalue weighted by atomic mass is 16.5. The van der Waals surface area contributed by atoms with Crippen LogP contribution in [0.4, 0.5) is 0 Å². The average molecular weight is 228 g/mol. The molecule has 1 amide bonds. The number of rotatable bonds is 6. The van der Waals surface area contributed by atoms with E-state index in [1.54, 1.807) is 0 Å². The fourth-order valence-corrected chi connectivity index (χ4v) is 2.15. The van der Waals surface area contributed by atoms with Gasteiger partial charge in [0.2, 0.25) is 5.91 Å². The highest BCUT2D eigenvalue weighted by molar-refractivity contribution is 5.83. The molecule has 1 unspecified atom stereocenters. The number of carbonyl (C=O) groups is 1. The molecule has 0 aromatic carbocycles. The Balaban J connectivity index is 2.48. The summed E-state index contributed by atoms with van der Waals surface area (Å²) in [5, 5.41) is 3.24. The minimum atomic E-state index is -0.257. The van der Waals surface area contributed by atoms with E-state index in [9.17, 15) is 4.79 Å². The molecule has 0 radical (unpaired) electrons. The first-order valence-electron chi connectivity index (χ1n) is 6.16. The van der Waals surface area contributed by atoms with Crippen LogP contribution in [0.15, 0.2) is 0 Å². The summed E-state index contributed by atoms with van der Waals surface area (Å²) in [6.45, 7) is 10.1. The maximum Gasteiger partial charge on any atom is 0.240 e. The quantitative estimate of drug-likeness (QED) is 0.746. The van der Waals surface area contributed by atoms with Crippen molar-refractivity contribution < 1.29 is 9.53 Å². The first-order valence-corrected chi connectivity index (χ1v) is 6.16. The van der Waals surface area contributed by atoms with Crippen LogP contribution in [0.25, 0.3) is 0 Å². The first-order chi connectivity index (χ1) is 7.50.